The van der Waals surface area contributed by atoms with Gasteiger partial charge in [0.2, 0.25) is 0 Å². The van der Waals surface area contributed by atoms with Gasteiger partial charge in [-0.05, 0) is 42.8 Å². The molecule has 0 amide bonds. The number of nitro benzene ring substituents is 1. The average molecular weight is 410 g/mol. The van der Waals surface area contributed by atoms with E-state index in [4.69, 9.17) is 4.74 Å². The number of anilines is 1. The fourth-order valence-corrected chi connectivity index (χ4v) is 4.04. The van der Waals surface area contributed by atoms with Crippen molar-refractivity contribution in [2.45, 2.75) is 13.6 Å². The second kappa shape index (κ2) is 7.88. The molecule has 0 saturated carbocycles. The summed E-state index contributed by atoms with van der Waals surface area (Å²) < 4.78 is 7.58. The molecule has 0 radical (unpaired) electrons. The highest BCUT2D eigenvalue weighted by atomic mass is 32.1. The van der Waals surface area contributed by atoms with Crippen LogP contribution in [0.4, 0.5) is 11.4 Å². The molecule has 0 aliphatic carbocycles. The fraction of sp³-hybridized carbons (Fsp3) is 0.200. The maximum absolute atomic E-state index is 12.9. The number of nitro groups is 1. The van der Waals surface area contributed by atoms with Crippen LogP contribution in [0, 0.1) is 10.1 Å². The Bertz CT molecular complexity index is 1230. The largest absolute Gasteiger partial charge is 0.494 e. The van der Waals surface area contributed by atoms with Gasteiger partial charge in [-0.2, -0.15) is 0 Å². The highest BCUT2D eigenvalue weighted by molar-refractivity contribution is 7.07. The van der Waals surface area contributed by atoms with Gasteiger partial charge < -0.3 is 9.64 Å². The van der Waals surface area contributed by atoms with E-state index in [1.165, 1.54) is 23.5 Å². The molecule has 8 nitrogen and oxygen atoms in total. The van der Waals surface area contributed by atoms with Crippen LogP contribution in [0.5, 0.6) is 5.75 Å². The summed E-state index contributed by atoms with van der Waals surface area (Å²) in [4.78, 5) is 30.5. The van der Waals surface area contributed by atoms with Crippen LogP contribution in [0.15, 0.2) is 58.3 Å². The summed E-state index contributed by atoms with van der Waals surface area (Å²) in [6.07, 6.45) is 1.67. The smallest absolute Gasteiger partial charge is 0.271 e. The minimum Gasteiger partial charge on any atom is -0.494 e. The first-order valence-electron chi connectivity index (χ1n) is 9.03. The second-order valence-electron chi connectivity index (χ2n) is 6.39. The summed E-state index contributed by atoms with van der Waals surface area (Å²) in [5.74, 6) is 0.799. The van der Waals surface area contributed by atoms with Crippen LogP contribution in [-0.4, -0.2) is 22.8 Å². The topological polar surface area (TPSA) is 90.0 Å². The van der Waals surface area contributed by atoms with Crippen molar-refractivity contribution in [3.8, 4) is 5.75 Å². The molecule has 0 saturated heterocycles. The van der Waals surface area contributed by atoms with Gasteiger partial charge in [-0.3, -0.25) is 19.5 Å². The van der Waals surface area contributed by atoms with E-state index in [-0.39, 0.29) is 11.2 Å². The van der Waals surface area contributed by atoms with Crippen molar-refractivity contribution in [1.29, 1.82) is 0 Å². The van der Waals surface area contributed by atoms with E-state index in [1.54, 1.807) is 22.8 Å². The third kappa shape index (κ3) is 3.90. The number of hydrogen-bond donors (Lipinski definition) is 0. The van der Waals surface area contributed by atoms with Crippen molar-refractivity contribution in [1.82, 2.24) is 4.57 Å². The lowest BCUT2D eigenvalue weighted by Gasteiger charge is -2.25. The van der Waals surface area contributed by atoms with Gasteiger partial charge in [-0.15, -0.1) is 0 Å². The quantitative estimate of drug-likeness (QED) is 0.475. The SMILES string of the molecule is CCOc1ccc(N2CN=c3s/c(=C\c4cccc([N+](=O)[O-])c4)c(=O)n3C2)cc1. The van der Waals surface area contributed by atoms with Gasteiger partial charge in [-0.1, -0.05) is 23.5 Å². The predicted octanol–water partition coefficient (Wildman–Crippen LogP) is 2.10. The van der Waals surface area contributed by atoms with Gasteiger partial charge in [0.15, 0.2) is 4.80 Å². The molecular weight excluding hydrogens is 392 g/mol. The van der Waals surface area contributed by atoms with E-state index in [2.05, 4.69) is 4.99 Å². The standard InChI is InChI=1S/C20H18N4O4S/c1-2-28-17-8-6-15(7-9-17)22-12-21-20-23(13-22)19(25)18(29-20)11-14-4-3-5-16(10-14)24(26)27/h3-11H,2,12-13H2,1H3/b18-11-. The molecule has 1 aliphatic rings. The van der Waals surface area contributed by atoms with Crippen molar-refractivity contribution in [2.75, 3.05) is 18.2 Å². The minimum atomic E-state index is -0.451. The molecule has 1 aliphatic heterocycles. The first kappa shape index (κ1) is 18.9. The normalized spacial score (nSPS) is 13.7. The zero-order valence-corrected chi connectivity index (χ0v) is 16.5. The monoisotopic (exact) mass is 410 g/mol. The van der Waals surface area contributed by atoms with E-state index in [9.17, 15) is 14.9 Å². The summed E-state index contributed by atoms with van der Waals surface area (Å²) in [5, 5.41) is 11.0. The van der Waals surface area contributed by atoms with Crippen LogP contribution in [0.2, 0.25) is 0 Å². The molecule has 0 unspecified atom stereocenters. The van der Waals surface area contributed by atoms with E-state index in [1.807, 2.05) is 36.1 Å². The Kier molecular flexibility index (Phi) is 5.13. The number of rotatable bonds is 5. The third-order valence-corrected chi connectivity index (χ3v) is 5.51. The molecule has 4 rings (SSSR count). The average Bonchev–Trinajstić information content (AvgIpc) is 3.04. The van der Waals surface area contributed by atoms with Crippen LogP contribution in [0.1, 0.15) is 12.5 Å². The van der Waals surface area contributed by atoms with E-state index >= 15 is 0 Å². The molecule has 9 heteroatoms. The Morgan fingerprint density at radius 1 is 1.28 bits per heavy atom. The molecule has 0 bridgehead atoms. The molecule has 2 heterocycles. The van der Waals surface area contributed by atoms with Crippen LogP contribution in [0.3, 0.4) is 0 Å². The molecule has 1 aromatic heterocycles. The molecular formula is C20H18N4O4S. The molecule has 3 aromatic rings. The van der Waals surface area contributed by atoms with Gasteiger partial charge in [0, 0.05) is 17.8 Å². The van der Waals surface area contributed by atoms with Crippen LogP contribution in [-0.2, 0) is 6.67 Å². The number of thiazole rings is 1. The predicted molar refractivity (Wildman–Crippen MR) is 111 cm³/mol. The van der Waals surface area contributed by atoms with Crippen LogP contribution < -0.4 is 24.5 Å². The van der Waals surface area contributed by atoms with E-state index in [0.29, 0.717) is 34.8 Å². The lowest BCUT2D eigenvalue weighted by atomic mass is 10.2. The van der Waals surface area contributed by atoms with Gasteiger partial charge in [0.1, 0.15) is 19.1 Å². The number of aromatic nitrogens is 1. The molecule has 148 valence electrons. The summed E-state index contributed by atoms with van der Waals surface area (Å²) in [5.41, 5.74) is 1.39. The Labute approximate surface area is 169 Å². The van der Waals surface area contributed by atoms with Crippen molar-refractivity contribution in [2.24, 2.45) is 4.99 Å². The summed E-state index contributed by atoms with van der Waals surface area (Å²) in [7, 11) is 0. The van der Waals surface area contributed by atoms with Crippen molar-refractivity contribution < 1.29 is 9.66 Å². The number of ether oxygens (including phenoxy) is 1. The van der Waals surface area contributed by atoms with Gasteiger partial charge >= 0.3 is 0 Å². The van der Waals surface area contributed by atoms with E-state index in [0.717, 1.165) is 11.4 Å². The van der Waals surface area contributed by atoms with Crippen LogP contribution in [0.25, 0.3) is 6.08 Å². The van der Waals surface area contributed by atoms with Crippen molar-refractivity contribution >= 4 is 28.8 Å². The molecule has 29 heavy (non-hydrogen) atoms. The van der Waals surface area contributed by atoms with Crippen molar-refractivity contribution in [3.63, 3.8) is 0 Å². The minimum absolute atomic E-state index is 0.00784. The molecule has 0 fully saturated rings. The number of hydrogen-bond acceptors (Lipinski definition) is 7. The maximum Gasteiger partial charge on any atom is 0.271 e. The maximum atomic E-state index is 12.9. The zero-order chi connectivity index (χ0) is 20.4. The Morgan fingerprint density at radius 3 is 2.79 bits per heavy atom. The second-order valence-corrected chi connectivity index (χ2v) is 7.40. The third-order valence-electron chi connectivity index (χ3n) is 4.47. The van der Waals surface area contributed by atoms with Crippen molar-refractivity contribution in [3.05, 3.63) is 83.9 Å². The Balaban J connectivity index is 1.64. The van der Waals surface area contributed by atoms with E-state index < -0.39 is 4.92 Å². The van der Waals surface area contributed by atoms with Crippen LogP contribution >= 0.6 is 11.3 Å². The fourth-order valence-electron chi connectivity index (χ4n) is 3.07. The zero-order valence-electron chi connectivity index (χ0n) is 15.6. The van der Waals surface area contributed by atoms with Gasteiger partial charge in [0.05, 0.1) is 16.1 Å². The number of non-ortho nitro benzene ring substituents is 1. The Morgan fingerprint density at radius 2 is 2.07 bits per heavy atom. The Hall–Kier alpha value is -3.46. The molecule has 2 aromatic carbocycles. The lowest BCUT2D eigenvalue weighted by molar-refractivity contribution is -0.384. The highest BCUT2D eigenvalue weighted by Crippen LogP contribution is 2.20. The summed E-state index contributed by atoms with van der Waals surface area (Å²) in [6, 6.07) is 13.9. The molecule has 0 N–H and O–H groups in total. The summed E-state index contributed by atoms with van der Waals surface area (Å²) in [6.45, 7) is 3.38. The van der Waals surface area contributed by atoms with Gasteiger partial charge in [-0.25, -0.2) is 4.99 Å². The number of benzene rings is 2. The summed E-state index contributed by atoms with van der Waals surface area (Å²) >= 11 is 1.29. The lowest BCUT2D eigenvalue weighted by Crippen LogP contribution is -2.42. The number of fused-ring (bicyclic) bond motifs is 1. The van der Waals surface area contributed by atoms with Gasteiger partial charge in [0.25, 0.3) is 11.2 Å². The highest BCUT2D eigenvalue weighted by Gasteiger charge is 2.16. The first-order valence-corrected chi connectivity index (χ1v) is 9.85. The molecule has 0 atom stereocenters. The first-order chi connectivity index (χ1) is 14.0. The number of nitrogens with zero attached hydrogens (tertiary/aromatic N) is 4. The molecule has 0 spiro atoms.